The van der Waals surface area contributed by atoms with Crippen LogP contribution in [0, 0.1) is 28.6 Å². The highest BCUT2D eigenvalue weighted by molar-refractivity contribution is 5.50. The summed E-state index contributed by atoms with van der Waals surface area (Å²) in [6.07, 6.45) is -7.93. The number of aliphatic hydroxyl groups excluding tert-OH is 8. The molecule has 0 radical (unpaired) electrons. The van der Waals surface area contributed by atoms with Gasteiger partial charge in [0.1, 0.15) is 54.9 Å². The van der Waals surface area contributed by atoms with Crippen molar-refractivity contribution < 1.29 is 79.1 Å². The number of aliphatic hydroxyl groups is 9. The summed E-state index contributed by atoms with van der Waals surface area (Å²) in [7, 11) is 0. The molecule has 0 amide bonds. The van der Waals surface area contributed by atoms with Crippen LogP contribution in [0.1, 0.15) is 78.6 Å². The Morgan fingerprint density at radius 2 is 1.52 bits per heavy atom. The second kappa shape index (κ2) is 14.2. The Kier molecular flexibility index (Phi) is 10.2. The predicted octanol–water partition coefficient (Wildman–Crippen LogP) is -0.761. The molecule has 6 fully saturated rings. The second-order valence-corrected chi connectivity index (χ2v) is 18.5. The first-order valence-electron chi connectivity index (χ1n) is 20.7. The van der Waals surface area contributed by atoms with Crippen molar-refractivity contribution >= 4 is 0 Å². The standard InChI is InChI=1S/C40H60O16/c1-17-16-50-38(3)40(17,49)33-31(56-38)25(34(48)55-33)39-10-4-5-22(39)20-7-6-18-13-19(8-11-37(18,2)21(20)9-12-39)51-36-32(29(46)27(44)24(15-42)53-36)54-35-30(47)28(45)26(43)23(14-41)52-35/h5,17-19,23-36,41-49H,4,6-16H2,1-3H3/t17-,18?,19-,23+,24+,25?,26-,27+,28-,29-,30+,31+,32+,33-,34-,35-,36+,37-,38-,39+,40?/m0/s1. The Morgan fingerprint density at radius 3 is 2.25 bits per heavy atom. The summed E-state index contributed by atoms with van der Waals surface area (Å²) in [6, 6.07) is 0. The van der Waals surface area contributed by atoms with E-state index in [1.165, 1.54) is 16.7 Å². The monoisotopic (exact) mass is 796 g/mol. The van der Waals surface area contributed by atoms with Crippen molar-refractivity contribution in [2.75, 3.05) is 19.8 Å². The number of hydrogen-bond acceptors (Lipinski definition) is 16. The van der Waals surface area contributed by atoms with Gasteiger partial charge in [0.25, 0.3) is 0 Å². The van der Waals surface area contributed by atoms with Gasteiger partial charge in [-0.2, -0.15) is 0 Å². The van der Waals surface area contributed by atoms with Crippen LogP contribution in [-0.2, 0) is 33.2 Å². The summed E-state index contributed by atoms with van der Waals surface area (Å²) in [5.41, 5.74) is 2.29. The van der Waals surface area contributed by atoms with Crippen molar-refractivity contribution in [3.05, 3.63) is 22.8 Å². The molecule has 316 valence electrons. The van der Waals surface area contributed by atoms with Gasteiger partial charge >= 0.3 is 0 Å². The van der Waals surface area contributed by atoms with Crippen LogP contribution in [0.4, 0.5) is 0 Å². The molecule has 56 heavy (non-hydrogen) atoms. The molecule has 1 saturated carbocycles. The van der Waals surface area contributed by atoms with E-state index in [9.17, 15) is 46.0 Å². The Hall–Kier alpha value is -1.16. The van der Waals surface area contributed by atoms with E-state index in [0.29, 0.717) is 19.4 Å². The largest absolute Gasteiger partial charge is 0.394 e. The SMILES string of the molecule is C[C@H]1CO[C@@]2(C)O[C@@H]3C([C@@]45CCC=C4C4=C(CC5)[C@@]5(C)CC[C@H](O[C@@H]6O[C@H](CO)[C@@H](O)[C@H](O)[C@H]6O[C@@H]6O[C@H](CO)[C@H](O)[C@H](O)[C@H]6O)CC5CC4)[C@@H](O)O[C@@H]3C12O. The van der Waals surface area contributed by atoms with Gasteiger partial charge in [0, 0.05) is 17.3 Å². The average Bonchev–Trinajstić information content (AvgIpc) is 3.88. The Balaban J connectivity index is 0.925. The van der Waals surface area contributed by atoms with Crippen LogP contribution in [0.15, 0.2) is 22.8 Å². The predicted molar refractivity (Wildman–Crippen MR) is 190 cm³/mol. The average molecular weight is 797 g/mol. The van der Waals surface area contributed by atoms with Gasteiger partial charge in [0.05, 0.1) is 32.0 Å². The van der Waals surface area contributed by atoms with Gasteiger partial charge < -0.3 is 79.1 Å². The van der Waals surface area contributed by atoms with Crippen LogP contribution in [0.5, 0.6) is 0 Å². The lowest BCUT2D eigenvalue weighted by molar-refractivity contribution is -0.373. The molecule has 0 aromatic carbocycles. The zero-order valence-electron chi connectivity index (χ0n) is 32.3. The lowest BCUT2D eigenvalue weighted by Gasteiger charge is -2.55. The molecule has 5 aliphatic heterocycles. The van der Waals surface area contributed by atoms with Crippen molar-refractivity contribution in [2.24, 2.45) is 28.6 Å². The fraction of sp³-hybridized carbons (Fsp3) is 0.900. The Bertz CT molecular complexity index is 1570. The van der Waals surface area contributed by atoms with E-state index in [0.717, 1.165) is 44.9 Å². The van der Waals surface area contributed by atoms with Gasteiger partial charge in [-0.3, -0.25) is 0 Å². The molecule has 16 nitrogen and oxygen atoms in total. The maximum atomic E-state index is 12.0. The smallest absolute Gasteiger partial charge is 0.197 e. The zero-order valence-corrected chi connectivity index (χ0v) is 32.3. The van der Waals surface area contributed by atoms with Crippen molar-refractivity contribution in [1.29, 1.82) is 0 Å². The number of allylic oxidation sites excluding steroid dienone is 4. The molecule has 0 aromatic rings. The third-order valence-electron chi connectivity index (χ3n) is 15.9. The van der Waals surface area contributed by atoms with E-state index < -0.39 is 105 Å². The third-order valence-corrected chi connectivity index (χ3v) is 15.9. The van der Waals surface area contributed by atoms with Crippen LogP contribution >= 0.6 is 0 Å². The Morgan fingerprint density at radius 1 is 0.804 bits per heavy atom. The third kappa shape index (κ3) is 5.63. The number of hydrogen-bond donors (Lipinski definition) is 9. The molecule has 5 heterocycles. The number of rotatable bonds is 7. The quantitative estimate of drug-likeness (QED) is 0.154. The zero-order chi connectivity index (χ0) is 39.7. The van der Waals surface area contributed by atoms with Crippen LogP contribution in [0.3, 0.4) is 0 Å². The molecule has 9 rings (SSSR count). The van der Waals surface area contributed by atoms with Crippen LogP contribution in [0.25, 0.3) is 0 Å². The van der Waals surface area contributed by atoms with Gasteiger partial charge in [-0.1, -0.05) is 25.5 Å². The molecule has 0 spiro atoms. The fourth-order valence-corrected chi connectivity index (χ4v) is 12.7. The van der Waals surface area contributed by atoms with Crippen molar-refractivity contribution in [3.63, 3.8) is 0 Å². The normalized spacial score (nSPS) is 56.6. The molecule has 9 aliphatic rings. The molecular formula is C40H60O16. The van der Waals surface area contributed by atoms with Gasteiger partial charge in [-0.15, -0.1) is 0 Å². The lowest BCUT2D eigenvalue weighted by Crippen LogP contribution is -2.65. The first-order valence-corrected chi connectivity index (χ1v) is 20.7. The van der Waals surface area contributed by atoms with E-state index in [1.807, 2.05) is 6.92 Å². The molecule has 16 heteroatoms. The summed E-state index contributed by atoms with van der Waals surface area (Å²) < 4.78 is 42.8. The van der Waals surface area contributed by atoms with Crippen molar-refractivity contribution in [2.45, 2.75) is 176 Å². The highest BCUT2D eigenvalue weighted by Crippen LogP contribution is 2.68. The topological polar surface area (TPSA) is 247 Å². The van der Waals surface area contributed by atoms with E-state index in [-0.39, 0.29) is 34.7 Å². The van der Waals surface area contributed by atoms with Crippen molar-refractivity contribution in [3.8, 4) is 0 Å². The molecule has 9 N–H and O–H groups in total. The first kappa shape index (κ1) is 40.3. The summed E-state index contributed by atoms with van der Waals surface area (Å²) in [5, 5.41) is 96.3. The lowest BCUT2D eigenvalue weighted by atomic mass is 9.50. The van der Waals surface area contributed by atoms with Crippen LogP contribution < -0.4 is 0 Å². The van der Waals surface area contributed by atoms with E-state index >= 15 is 0 Å². The molecule has 5 saturated heterocycles. The van der Waals surface area contributed by atoms with Crippen molar-refractivity contribution in [1.82, 2.24) is 0 Å². The summed E-state index contributed by atoms with van der Waals surface area (Å²) in [4.78, 5) is 0. The number of fused-ring (bicyclic) bond motifs is 7. The molecule has 4 aliphatic carbocycles. The maximum Gasteiger partial charge on any atom is 0.197 e. The highest BCUT2D eigenvalue weighted by Gasteiger charge is 2.76. The van der Waals surface area contributed by atoms with E-state index in [4.69, 9.17) is 33.2 Å². The second-order valence-electron chi connectivity index (χ2n) is 18.5. The Labute approximate surface area is 325 Å². The highest BCUT2D eigenvalue weighted by atomic mass is 16.8. The fourth-order valence-electron chi connectivity index (χ4n) is 12.7. The van der Waals surface area contributed by atoms with Gasteiger partial charge in [0.15, 0.2) is 30.3 Å². The maximum absolute atomic E-state index is 12.0. The minimum absolute atomic E-state index is 0.119. The summed E-state index contributed by atoms with van der Waals surface area (Å²) in [5.74, 6) is -1.51. The summed E-state index contributed by atoms with van der Waals surface area (Å²) >= 11 is 0. The van der Waals surface area contributed by atoms with Gasteiger partial charge in [-0.25, -0.2) is 0 Å². The molecular weight excluding hydrogens is 736 g/mol. The first-order chi connectivity index (χ1) is 26.6. The van der Waals surface area contributed by atoms with Crippen LogP contribution in [0.2, 0.25) is 0 Å². The molecule has 0 aromatic heterocycles. The minimum atomic E-state index is -1.75. The number of ether oxygens (including phenoxy) is 7. The van der Waals surface area contributed by atoms with E-state index in [1.54, 1.807) is 6.92 Å². The molecule has 0 bridgehead atoms. The minimum Gasteiger partial charge on any atom is -0.394 e. The van der Waals surface area contributed by atoms with Crippen LogP contribution in [-0.4, -0.2) is 163 Å². The summed E-state index contributed by atoms with van der Waals surface area (Å²) in [6.45, 7) is 5.15. The van der Waals surface area contributed by atoms with Gasteiger partial charge in [-0.05, 0) is 87.2 Å². The van der Waals surface area contributed by atoms with E-state index in [2.05, 4.69) is 13.0 Å². The van der Waals surface area contributed by atoms with Gasteiger partial charge in [0.2, 0.25) is 0 Å². The molecule has 21 atom stereocenters. The molecule has 3 unspecified atom stereocenters.